The third kappa shape index (κ3) is 4.65. The predicted molar refractivity (Wildman–Crippen MR) is 120 cm³/mol. The maximum Gasteiger partial charge on any atom is 0.387 e. The van der Waals surface area contributed by atoms with Crippen LogP contribution in [-0.2, 0) is 11.2 Å². The Morgan fingerprint density at radius 3 is 2.82 bits per heavy atom. The van der Waals surface area contributed by atoms with Gasteiger partial charge in [-0.25, -0.2) is 4.98 Å². The van der Waals surface area contributed by atoms with Crippen LogP contribution in [0.1, 0.15) is 39.7 Å². The number of fused-ring (bicyclic) bond motifs is 2. The van der Waals surface area contributed by atoms with E-state index >= 15 is 0 Å². The van der Waals surface area contributed by atoms with Crippen molar-refractivity contribution in [3.63, 3.8) is 0 Å². The molecule has 1 aliphatic carbocycles. The number of rotatable bonds is 6. The average Bonchev–Trinajstić information content (AvgIpc) is 3.44. The first-order chi connectivity index (χ1) is 16.5. The van der Waals surface area contributed by atoms with Crippen LogP contribution in [0.5, 0.6) is 17.2 Å². The first-order valence-electron chi connectivity index (χ1n) is 10.5. The third-order valence-electron chi connectivity index (χ3n) is 5.45. The molecule has 1 aromatic heterocycles. The largest absolute Gasteiger partial charge is 0.454 e. The van der Waals surface area contributed by atoms with E-state index in [1.807, 2.05) is 0 Å². The molecular weight excluding hydrogens is 468 g/mol. The summed E-state index contributed by atoms with van der Waals surface area (Å²) in [7, 11) is 0. The number of benzene rings is 2. The number of anilines is 2. The van der Waals surface area contributed by atoms with Crippen LogP contribution >= 0.6 is 11.3 Å². The van der Waals surface area contributed by atoms with Gasteiger partial charge >= 0.3 is 6.61 Å². The lowest BCUT2D eigenvalue weighted by molar-refractivity contribution is -0.117. The Balaban J connectivity index is 1.29. The van der Waals surface area contributed by atoms with Gasteiger partial charge in [-0.2, -0.15) is 8.78 Å². The van der Waals surface area contributed by atoms with Crippen LogP contribution in [0.2, 0.25) is 0 Å². The fourth-order valence-electron chi connectivity index (χ4n) is 3.91. The SMILES string of the molecule is O=C(Nc1nc2c(s1)CCCC2C(=O)Nc1cccc(OC(F)F)c1)c1ccc2c(c1)OCO2. The molecule has 2 amide bonds. The van der Waals surface area contributed by atoms with Crippen molar-refractivity contribution >= 4 is 34.0 Å². The van der Waals surface area contributed by atoms with Gasteiger partial charge in [-0.1, -0.05) is 6.07 Å². The molecule has 1 atom stereocenters. The number of aryl methyl sites for hydroxylation is 1. The van der Waals surface area contributed by atoms with E-state index < -0.39 is 12.5 Å². The molecule has 5 rings (SSSR count). The Labute approximate surface area is 196 Å². The predicted octanol–water partition coefficient (Wildman–Crippen LogP) is 4.78. The lowest BCUT2D eigenvalue weighted by atomic mass is 9.90. The minimum atomic E-state index is -2.95. The number of ether oxygens (including phenoxy) is 3. The molecular formula is C23H19F2N3O5S. The summed E-state index contributed by atoms with van der Waals surface area (Å²) in [5.41, 5.74) is 1.37. The molecule has 176 valence electrons. The maximum atomic E-state index is 13.0. The van der Waals surface area contributed by atoms with Crippen LogP contribution in [-0.4, -0.2) is 30.2 Å². The molecule has 2 N–H and O–H groups in total. The Morgan fingerprint density at radius 2 is 1.97 bits per heavy atom. The number of hydrogen-bond donors (Lipinski definition) is 2. The Morgan fingerprint density at radius 1 is 1.12 bits per heavy atom. The van der Waals surface area contributed by atoms with Crippen molar-refractivity contribution in [3.8, 4) is 17.2 Å². The van der Waals surface area contributed by atoms with Gasteiger partial charge in [0.05, 0.1) is 11.6 Å². The van der Waals surface area contributed by atoms with Crippen molar-refractivity contribution in [2.24, 2.45) is 0 Å². The number of carbonyl (C=O) groups is 2. The van der Waals surface area contributed by atoms with Gasteiger partial charge in [-0.05, 0) is 49.6 Å². The van der Waals surface area contributed by atoms with Crippen LogP contribution in [0.25, 0.3) is 0 Å². The van der Waals surface area contributed by atoms with Crippen LogP contribution in [0.3, 0.4) is 0 Å². The monoisotopic (exact) mass is 487 g/mol. The van der Waals surface area contributed by atoms with Crippen LogP contribution in [0, 0.1) is 0 Å². The second-order valence-corrected chi connectivity index (χ2v) is 8.77. The Bertz CT molecular complexity index is 1250. The van der Waals surface area contributed by atoms with Gasteiger partial charge in [0.1, 0.15) is 5.75 Å². The molecule has 0 radical (unpaired) electrons. The van der Waals surface area contributed by atoms with Crippen LogP contribution in [0.15, 0.2) is 42.5 Å². The molecule has 34 heavy (non-hydrogen) atoms. The lowest BCUT2D eigenvalue weighted by Gasteiger charge is -2.20. The zero-order chi connectivity index (χ0) is 23.7. The number of nitrogens with one attached hydrogen (secondary N) is 2. The zero-order valence-corrected chi connectivity index (χ0v) is 18.5. The summed E-state index contributed by atoms with van der Waals surface area (Å²) >= 11 is 1.34. The van der Waals surface area contributed by atoms with Crippen molar-refractivity contribution in [1.82, 2.24) is 4.98 Å². The number of hydrogen-bond acceptors (Lipinski definition) is 7. The van der Waals surface area contributed by atoms with E-state index in [2.05, 4.69) is 20.4 Å². The summed E-state index contributed by atoms with van der Waals surface area (Å²) < 4.78 is 39.9. The highest BCUT2D eigenvalue weighted by Crippen LogP contribution is 2.38. The summed E-state index contributed by atoms with van der Waals surface area (Å²) in [6.07, 6.45) is 2.14. The van der Waals surface area contributed by atoms with Crippen molar-refractivity contribution < 1.29 is 32.6 Å². The molecule has 1 aliphatic heterocycles. The van der Waals surface area contributed by atoms with E-state index in [-0.39, 0.29) is 24.4 Å². The van der Waals surface area contributed by atoms with Crippen LogP contribution in [0.4, 0.5) is 19.6 Å². The topological polar surface area (TPSA) is 98.8 Å². The van der Waals surface area contributed by atoms with Crippen molar-refractivity contribution in [3.05, 3.63) is 58.6 Å². The molecule has 0 saturated heterocycles. The van der Waals surface area contributed by atoms with Crippen molar-refractivity contribution in [2.45, 2.75) is 31.8 Å². The normalized spacial score (nSPS) is 16.1. The minimum absolute atomic E-state index is 0.0423. The van der Waals surface area contributed by atoms with Gasteiger partial charge in [0.25, 0.3) is 5.91 Å². The standard InChI is InChI=1S/C23H19F2N3O5S/c24-22(25)33-14-4-1-3-13(10-14)26-21(30)15-5-2-6-18-19(15)27-23(34-18)28-20(29)12-7-8-16-17(9-12)32-11-31-16/h1,3-4,7-10,15,22H,2,5-6,11H2,(H,26,30)(H,27,28,29). The van der Waals surface area contributed by atoms with E-state index in [1.165, 1.54) is 29.5 Å². The van der Waals surface area contributed by atoms with E-state index in [0.717, 1.165) is 17.7 Å². The lowest BCUT2D eigenvalue weighted by Crippen LogP contribution is -2.24. The molecule has 3 aromatic rings. The first kappa shape index (κ1) is 22.1. The average molecular weight is 487 g/mol. The highest BCUT2D eigenvalue weighted by Gasteiger charge is 2.31. The number of aromatic nitrogens is 1. The van der Waals surface area contributed by atoms with Gasteiger partial charge in [-0.3, -0.25) is 14.9 Å². The molecule has 0 fully saturated rings. The molecule has 2 heterocycles. The minimum Gasteiger partial charge on any atom is -0.454 e. The number of alkyl halides is 2. The summed E-state index contributed by atoms with van der Waals surface area (Å²) in [4.78, 5) is 31.2. The fraction of sp³-hybridized carbons (Fsp3) is 0.261. The quantitative estimate of drug-likeness (QED) is 0.519. The summed E-state index contributed by atoms with van der Waals surface area (Å²) in [6, 6.07) is 10.8. The van der Waals surface area contributed by atoms with Gasteiger partial charge in [0, 0.05) is 22.2 Å². The molecule has 0 bridgehead atoms. The Kier molecular flexibility index (Phi) is 6.01. The summed E-state index contributed by atoms with van der Waals surface area (Å²) in [6.45, 7) is -2.83. The molecule has 2 aromatic carbocycles. The number of carbonyl (C=O) groups excluding carboxylic acids is 2. The summed E-state index contributed by atoms with van der Waals surface area (Å²) in [5, 5.41) is 5.95. The third-order valence-corrected chi connectivity index (χ3v) is 6.50. The van der Waals surface area contributed by atoms with E-state index in [4.69, 9.17) is 9.47 Å². The smallest absolute Gasteiger partial charge is 0.387 e. The Hall–Kier alpha value is -3.73. The van der Waals surface area contributed by atoms with E-state index in [0.29, 0.717) is 40.0 Å². The fourth-order valence-corrected chi connectivity index (χ4v) is 4.97. The molecule has 0 spiro atoms. The van der Waals surface area contributed by atoms with Gasteiger partial charge in [0.2, 0.25) is 12.7 Å². The first-order valence-corrected chi connectivity index (χ1v) is 11.3. The molecule has 2 aliphatic rings. The number of thiazole rings is 1. The van der Waals surface area contributed by atoms with Gasteiger partial charge < -0.3 is 19.5 Å². The van der Waals surface area contributed by atoms with Gasteiger partial charge in [-0.15, -0.1) is 11.3 Å². The van der Waals surface area contributed by atoms with Crippen molar-refractivity contribution in [2.75, 3.05) is 17.4 Å². The molecule has 0 saturated carbocycles. The zero-order valence-electron chi connectivity index (χ0n) is 17.7. The number of amides is 2. The maximum absolute atomic E-state index is 13.0. The van der Waals surface area contributed by atoms with Crippen LogP contribution < -0.4 is 24.8 Å². The molecule has 1 unspecified atom stereocenters. The highest BCUT2D eigenvalue weighted by atomic mass is 32.1. The summed E-state index contributed by atoms with van der Waals surface area (Å²) in [5.74, 6) is -0.113. The highest BCUT2D eigenvalue weighted by molar-refractivity contribution is 7.16. The number of nitrogens with zero attached hydrogens (tertiary/aromatic N) is 1. The molecule has 8 nitrogen and oxygen atoms in total. The van der Waals surface area contributed by atoms with Crippen molar-refractivity contribution in [1.29, 1.82) is 0 Å². The second-order valence-electron chi connectivity index (χ2n) is 7.69. The van der Waals surface area contributed by atoms with Gasteiger partial charge in [0.15, 0.2) is 16.6 Å². The molecule has 11 heteroatoms. The van der Waals surface area contributed by atoms with E-state index in [9.17, 15) is 18.4 Å². The van der Waals surface area contributed by atoms with E-state index in [1.54, 1.807) is 24.3 Å². The number of halogens is 2. The second kappa shape index (κ2) is 9.26.